The van der Waals surface area contributed by atoms with Crippen LogP contribution in [-0.4, -0.2) is 16.9 Å². The van der Waals surface area contributed by atoms with Crippen LogP contribution in [0.5, 0.6) is 0 Å². The molecule has 0 saturated carbocycles. The molecule has 1 aliphatic heterocycles. The maximum Gasteiger partial charge on any atom is 0.241 e. The summed E-state index contributed by atoms with van der Waals surface area (Å²) in [4.78, 5) is 23.3. The minimum Gasteiger partial charge on any atom is -0.550 e. The number of carboxylic acid groups (broad SMARTS) is 1. The fourth-order valence-corrected chi connectivity index (χ4v) is 3.16. The second-order valence-corrected chi connectivity index (χ2v) is 6.42. The lowest BCUT2D eigenvalue weighted by Crippen LogP contribution is -2.39. The third-order valence-electron chi connectivity index (χ3n) is 4.19. The van der Waals surface area contributed by atoms with Crippen molar-refractivity contribution in [3.8, 4) is 0 Å². The van der Waals surface area contributed by atoms with E-state index in [1.807, 2.05) is 54.6 Å². The van der Waals surface area contributed by atoms with Gasteiger partial charge < -0.3 is 9.90 Å². The Balaban J connectivity index is 1.86. The van der Waals surface area contributed by atoms with E-state index in [-0.39, 0.29) is 31.2 Å². The summed E-state index contributed by atoms with van der Waals surface area (Å²) in [5.41, 5.74) is 5.71. The average Bonchev–Trinajstić information content (AvgIpc) is 3.08. The molecule has 1 aliphatic rings. The van der Waals surface area contributed by atoms with Crippen molar-refractivity contribution in [1.29, 1.82) is 0 Å². The third kappa shape index (κ3) is 4.06. The highest BCUT2D eigenvalue weighted by molar-refractivity contribution is 6.31. The summed E-state index contributed by atoms with van der Waals surface area (Å²) >= 11 is 6.33. The molecule has 0 fully saturated rings. The quantitative estimate of drug-likeness (QED) is 0.849. The first-order valence-corrected chi connectivity index (χ1v) is 8.74. The fraction of sp³-hybridized carbons (Fsp3) is 0.200. The molecule has 0 spiro atoms. The zero-order chi connectivity index (χ0) is 18.5. The second-order valence-electron chi connectivity index (χ2n) is 6.01. The van der Waals surface area contributed by atoms with Crippen LogP contribution in [-0.2, 0) is 9.59 Å². The summed E-state index contributed by atoms with van der Waals surface area (Å²) in [5, 5.41) is 12.7. The van der Waals surface area contributed by atoms with Gasteiger partial charge in [0.15, 0.2) is 0 Å². The first-order chi connectivity index (χ1) is 12.6. The topological polar surface area (TPSA) is 72.5 Å². The van der Waals surface area contributed by atoms with Crippen molar-refractivity contribution in [2.24, 2.45) is 0 Å². The maximum atomic E-state index is 12.7. The van der Waals surface area contributed by atoms with Crippen LogP contribution >= 0.6 is 11.6 Å². The van der Waals surface area contributed by atoms with E-state index < -0.39 is 5.97 Å². The minimum absolute atomic E-state index is 0.109. The Morgan fingerprint density at radius 1 is 1.04 bits per heavy atom. The molecule has 0 radical (unpaired) electrons. The summed E-state index contributed by atoms with van der Waals surface area (Å²) in [7, 11) is 0. The molecule has 2 aromatic rings. The maximum absolute atomic E-state index is 12.7. The van der Waals surface area contributed by atoms with Crippen molar-refractivity contribution >= 4 is 29.2 Å². The lowest BCUT2D eigenvalue weighted by molar-refractivity contribution is -0.305. The van der Waals surface area contributed by atoms with Crippen molar-refractivity contribution < 1.29 is 14.7 Å². The van der Waals surface area contributed by atoms with Gasteiger partial charge in [0, 0.05) is 17.4 Å². The predicted molar refractivity (Wildman–Crippen MR) is 97.5 cm³/mol. The van der Waals surface area contributed by atoms with Crippen LogP contribution in [0.2, 0.25) is 5.02 Å². The number of halogens is 1. The van der Waals surface area contributed by atoms with E-state index in [4.69, 9.17) is 11.6 Å². The van der Waals surface area contributed by atoms with Crippen LogP contribution in [0.4, 0.5) is 0 Å². The molecule has 1 amide bonds. The second kappa shape index (κ2) is 8.06. The van der Waals surface area contributed by atoms with Gasteiger partial charge in [0.25, 0.3) is 0 Å². The Kier molecular flexibility index (Phi) is 5.58. The van der Waals surface area contributed by atoms with Gasteiger partial charge in [-0.3, -0.25) is 10.2 Å². The highest BCUT2D eigenvalue weighted by atomic mass is 35.5. The van der Waals surface area contributed by atoms with Crippen molar-refractivity contribution in [3.63, 3.8) is 0 Å². The van der Waals surface area contributed by atoms with Crippen molar-refractivity contribution in [2.75, 3.05) is 0 Å². The molecule has 2 aromatic carbocycles. The van der Waals surface area contributed by atoms with Gasteiger partial charge in [-0.1, -0.05) is 60.1 Å². The Labute approximate surface area is 156 Å². The van der Waals surface area contributed by atoms with Crippen molar-refractivity contribution in [1.82, 2.24) is 10.4 Å². The molecule has 0 aliphatic carbocycles. The van der Waals surface area contributed by atoms with Crippen LogP contribution in [0, 0.1) is 0 Å². The Morgan fingerprint density at radius 3 is 2.42 bits per heavy atom. The number of hydrazine groups is 1. The molecule has 0 unspecified atom stereocenters. The summed E-state index contributed by atoms with van der Waals surface area (Å²) in [5.74, 6) is -1.35. The number of aliphatic carboxylic acids is 1. The van der Waals surface area contributed by atoms with Gasteiger partial charge in [0.2, 0.25) is 5.91 Å². The van der Waals surface area contributed by atoms with Gasteiger partial charge >= 0.3 is 0 Å². The van der Waals surface area contributed by atoms with Crippen molar-refractivity contribution in [2.45, 2.75) is 25.3 Å². The fourth-order valence-electron chi connectivity index (χ4n) is 2.91. The number of benzene rings is 2. The predicted octanol–water partition coefficient (Wildman–Crippen LogP) is 2.69. The molecular weight excluding hydrogens is 352 g/mol. The van der Waals surface area contributed by atoms with Gasteiger partial charge in [0.05, 0.1) is 5.70 Å². The number of carboxylic acids is 1. The molecule has 0 saturated heterocycles. The zero-order valence-corrected chi connectivity index (χ0v) is 14.8. The van der Waals surface area contributed by atoms with Crippen molar-refractivity contribution in [3.05, 3.63) is 76.8 Å². The number of nitrogens with zero attached hydrogens (tertiary/aromatic N) is 1. The first kappa shape index (κ1) is 18.0. The van der Waals surface area contributed by atoms with Crippen LogP contribution < -0.4 is 10.5 Å². The molecule has 5 nitrogen and oxygen atoms in total. The smallest absolute Gasteiger partial charge is 0.241 e. The van der Waals surface area contributed by atoms with E-state index in [2.05, 4.69) is 5.43 Å². The highest BCUT2D eigenvalue weighted by Gasteiger charge is 2.31. The molecule has 0 bridgehead atoms. The number of rotatable bonds is 6. The minimum atomic E-state index is -1.15. The molecule has 26 heavy (non-hydrogen) atoms. The summed E-state index contributed by atoms with van der Waals surface area (Å²) in [6, 6.07) is 16.7. The SMILES string of the molecule is O=C([O-])CCCC(=O)N1NC(c2ccccc2)=C[C@H]1c1ccccc1Cl. The van der Waals surface area contributed by atoms with Gasteiger partial charge in [0.1, 0.15) is 6.04 Å². The number of amides is 1. The molecule has 1 atom stereocenters. The zero-order valence-electron chi connectivity index (χ0n) is 14.0. The number of hydrogen-bond acceptors (Lipinski definition) is 4. The molecule has 3 rings (SSSR count). The monoisotopic (exact) mass is 369 g/mol. The Hall–Kier alpha value is -2.79. The van der Waals surface area contributed by atoms with Crippen LogP contribution in [0.1, 0.15) is 36.4 Å². The highest BCUT2D eigenvalue weighted by Crippen LogP contribution is 2.35. The van der Waals surface area contributed by atoms with E-state index in [0.717, 1.165) is 16.8 Å². The average molecular weight is 370 g/mol. The van der Waals surface area contributed by atoms with Crippen LogP contribution in [0.25, 0.3) is 5.70 Å². The lowest BCUT2D eigenvalue weighted by atomic mass is 10.0. The van der Waals surface area contributed by atoms with Gasteiger partial charge in [-0.05, 0) is 36.1 Å². The van der Waals surface area contributed by atoms with Gasteiger partial charge in [-0.2, -0.15) is 0 Å². The van der Waals surface area contributed by atoms with E-state index in [1.54, 1.807) is 6.07 Å². The van der Waals surface area contributed by atoms with E-state index in [1.165, 1.54) is 5.01 Å². The molecular formula is C20H18ClN2O3-. The molecule has 134 valence electrons. The standard InChI is InChI=1S/C20H19ClN2O3/c21-16-10-5-4-9-15(16)18-13-17(14-7-2-1-3-8-14)22-23(18)19(24)11-6-12-20(25)26/h1-5,7-10,13,18,22H,6,11-12H2,(H,25,26)/p-1/t18-/m0/s1. The molecule has 6 heteroatoms. The third-order valence-corrected chi connectivity index (χ3v) is 4.54. The first-order valence-electron chi connectivity index (χ1n) is 8.36. The normalized spacial score (nSPS) is 16.1. The summed E-state index contributed by atoms with van der Waals surface area (Å²) in [6.07, 6.45) is 2.15. The number of hydrogen-bond donors (Lipinski definition) is 1. The lowest BCUT2D eigenvalue weighted by Gasteiger charge is -2.26. The summed E-state index contributed by atoms with van der Waals surface area (Å²) in [6.45, 7) is 0. The number of carbonyl (C=O) groups is 2. The number of nitrogens with one attached hydrogen (secondary N) is 1. The Morgan fingerprint density at radius 2 is 1.73 bits per heavy atom. The van der Waals surface area contributed by atoms with Gasteiger partial charge in [-0.15, -0.1) is 0 Å². The van der Waals surface area contributed by atoms with E-state index in [9.17, 15) is 14.7 Å². The largest absolute Gasteiger partial charge is 0.550 e. The Bertz CT molecular complexity index is 836. The van der Waals surface area contributed by atoms with E-state index in [0.29, 0.717) is 5.02 Å². The summed E-state index contributed by atoms with van der Waals surface area (Å²) < 4.78 is 0. The number of carbonyl (C=O) groups excluding carboxylic acids is 2. The van der Waals surface area contributed by atoms with Gasteiger partial charge in [-0.25, -0.2) is 5.01 Å². The van der Waals surface area contributed by atoms with Crippen LogP contribution in [0.3, 0.4) is 0 Å². The van der Waals surface area contributed by atoms with Crippen LogP contribution in [0.15, 0.2) is 60.7 Å². The molecule has 0 aromatic heterocycles. The molecule has 1 heterocycles. The molecule has 1 N–H and O–H groups in total. The van der Waals surface area contributed by atoms with E-state index >= 15 is 0 Å².